The van der Waals surface area contributed by atoms with E-state index in [1.165, 1.54) is 17.9 Å². The summed E-state index contributed by atoms with van der Waals surface area (Å²) in [4.78, 5) is 24.7. The number of allylic oxidation sites excluding steroid dienone is 1. The number of aryl methyl sites for hydroxylation is 1. The summed E-state index contributed by atoms with van der Waals surface area (Å²) >= 11 is 0. The molecule has 27 heavy (non-hydrogen) atoms. The molecule has 0 aromatic heterocycles. The van der Waals surface area contributed by atoms with Crippen LogP contribution in [-0.2, 0) is 4.74 Å². The highest BCUT2D eigenvalue weighted by Crippen LogP contribution is 2.20. The van der Waals surface area contributed by atoms with E-state index in [0.717, 1.165) is 18.4 Å². The number of hydrogen-bond acceptors (Lipinski definition) is 4. The minimum Gasteiger partial charge on any atom is -0.431 e. The summed E-state index contributed by atoms with van der Waals surface area (Å²) in [7, 11) is 0. The Balaban J connectivity index is 2.11. The third-order valence-electron chi connectivity index (χ3n) is 4.18. The van der Waals surface area contributed by atoms with Crippen LogP contribution in [-0.4, -0.2) is 11.9 Å². The molecule has 0 unspecified atom stereocenters. The second-order valence-corrected chi connectivity index (χ2v) is 6.71. The molecule has 2 aromatic rings. The molecule has 4 nitrogen and oxygen atoms in total. The van der Waals surface area contributed by atoms with Gasteiger partial charge in [0.2, 0.25) is 0 Å². The predicted octanol–water partition coefficient (Wildman–Crippen LogP) is 5.81. The second-order valence-electron chi connectivity index (χ2n) is 6.71. The Morgan fingerprint density at radius 2 is 1.74 bits per heavy atom. The maximum atomic E-state index is 12.4. The summed E-state index contributed by atoms with van der Waals surface area (Å²) in [6.07, 6.45) is 5.01. The van der Waals surface area contributed by atoms with Gasteiger partial charge in [-0.2, -0.15) is 0 Å². The lowest BCUT2D eigenvalue weighted by atomic mass is 10.0. The van der Waals surface area contributed by atoms with Crippen LogP contribution in [0.5, 0.6) is 5.75 Å². The number of hydrogen-bond donors (Lipinski definition) is 0. The van der Waals surface area contributed by atoms with E-state index in [9.17, 15) is 9.59 Å². The summed E-state index contributed by atoms with van der Waals surface area (Å²) < 4.78 is 10.5. The molecule has 142 valence electrons. The quantitative estimate of drug-likeness (QED) is 0.352. The first-order chi connectivity index (χ1) is 12.9. The molecule has 0 aliphatic heterocycles. The van der Waals surface area contributed by atoms with E-state index >= 15 is 0 Å². The van der Waals surface area contributed by atoms with Gasteiger partial charge in [-0.1, -0.05) is 45.4 Å². The normalized spacial score (nSPS) is 11.0. The van der Waals surface area contributed by atoms with Crippen LogP contribution in [0, 0.1) is 6.92 Å². The maximum Gasteiger partial charge on any atom is 0.343 e. The van der Waals surface area contributed by atoms with Gasteiger partial charge < -0.3 is 9.47 Å². The van der Waals surface area contributed by atoms with Crippen molar-refractivity contribution in [1.29, 1.82) is 0 Å². The van der Waals surface area contributed by atoms with Gasteiger partial charge in [-0.05, 0) is 60.7 Å². The van der Waals surface area contributed by atoms with Crippen molar-refractivity contribution < 1.29 is 19.1 Å². The predicted molar refractivity (Wildman–Crippen MR) is 106 cm³/mol. The summed E-state index contributed by atoms with van der Waals surface area (Å²) in [5, 5.41) is 0. The fraction of sp³-hybridized carbons (Fsp3) is 0.304. The van der Waals surface area contributed by atoms with Crippen LogP contribution in [0.1, 0.15) is 71.4 Å². The Morgan fingerprint density at radius 1 is 1.04 bits per heavy atom. The molecular formula is C23H26O4. The van der Waals surface area contributed by atoms with Gasteiger partial charge in [0.1, 0.15) is 5.75 Å². The molecule has 0 N–H and O–H groups in total. The zero-order valence-electron chi connectivity index (χ0n) is 16.3. The number of rotatable bonds is 7. The Bertz CT molecular complexity index is 817. The molecule has 0 fully saturated rings. The zero-order chi connectivity index (χ0) is 19.8. The molecule has 0 amide bonds. The minimum atomic E-state index is -0.511. The van der Waals surface area contributed by atoms with Crippen molar-refractivity contribution in [3.8, 4) is 5.75 Å². The third-order valence-corrected chi connectivity index (χ3v) is 4.18. The standard InChI is InChI=1S/C23H26O4/c1-5-6-7-14-26-23(25)21-15-19(9-8-17(21)4)22(24)27-20-12-10-18(11-13-20)16(2)3/h7-16H,5-6H2,1-4H3. The zero-order valence-corrected chi connectivity index (χ0v) is 16.3. The van der Waals surface area contributed by atoms with E-state index in [1.807, 2.05) is 19.1 Å². The number of benzene rings is 2. The lowest BCUT2D eigenvalue weighted by Crippen LogP contribution is -2.11. The number of carbonyl (C=O) groups excluding carboxylic acids is 2. The molecule has 0 heterocycles. The van der Waals surface area contributed by atoms with Crippen molar-refractivity contribution in [2.75, 3.05) is 0 Å². The highest BCUT2D eigenvalue weighted by atomic mass is 16.5. The van der Waals surface area contributed by atoms with Crippen molar-refractivity contribution in [3.63, 3.8) is 0 Å². The summed E-state index contributed by atoms with van der Waals surface area (Å²) in [6.45, 7) is 8.05. The smallest absolute Gasteiger partial charge is 0.343 e. The Labute approximate surface area is 160 Å². The second kappa shape index (κ2) is 9.72. The van der Waals surface area contributed by atoms with Gasteiger partial charge in [-0.25, -0.2) is 9.59 Å². The van der Waals surface area contributed by atoms with E-state index in [4.69, 9.17) is 9.47 Å². The number of ether oxygens (including phenoxy) is 2. The van der Waals surface area contributed by atoms with Gasteiger partial charge in [0.05, 0.1) is 17.4 Å². The van der Waals surface area contributed by atoms with Crippen LogP contribution >= 0.6 is 0 Å². The molecule has 2 aromatic carbocycles. The van der Waals surface area contributed by atoms with Crippen LogP contribution in [0.15, 0.2) is 54.8 Å². The molecule has 0 bridgehead atoms. The van der Waals surface area contributed by atoms with Crippen LogP contribution in [0.25, 0.3) is 0 Å². The molecule has 0 aliphatic rings. The average Bonchev–Trinajstić information content (AvgIpc) is 2.65. The topological polar surface area (TPSA) is 52.6 Å². The Hall–Kier alpha value is -2.88. The van der Waals surface area contributed by atoms with Gasteiger partial charge >= 0.3 is 11.9 Å². The van der Waals surface area contributed by atoms with Gasteiger partial charge in [-0.15, -0.1) is 0 Å². The molecule has 0 saturated heterocycles. The minimum absolute atomic E-state index is 0.304. The SMILES string of the molecule is CCCC=COC(=O)c1cc(C(=O)Oc2ccc(C(C)C)cc2)ccc1C. The monoisotopic (exact) mass is 366 g/mol. The highest BCUT2D eigenvalue weighted by Gasteiger charge is 2.15. The highest BCUT2D eigenvalue weighted by molar-refractivity contribution is 5.97. The van der Waals surface area contributed by atoms with Crippen molar-refractivity contribution in [1.82, 2.24) is 0 Å². The summed E-state index contributed by atoms with van der Waals surface area (Å²) in [6, 6.07) is 12.3. The van der Waals surface area contributed by atoms with Gasteiger partial charge in [0.15, 0.2) is 0 Å². The van der Waals surface area contributed by atoms with E-state index < -0.39 is 11.9 Å². The van der Waals surface area contributed by atoms with Crippen LogP contribution in [0.4, 0.5) is 0 Å². The number of unbranched alkanes of at least 4 members (excludes halogenated alkanes) is 1. The van der Waals surface area contributed by atoms with Crippen LogP contribution < -0.4 is 4.74 Å². The van der Waals surface area contributed by atoms with Gasteiger partial charge in [0.25, 0.3) is 0 Å². The Kier molecular flexibility index (Phi) is 7.35. The van der Waals surface area contributed by atoms with E-state index in [-0.39, 0.29) is 0 Å². The molecule has 4 heteroatoms. The maximum absolute atomic E-state index is 12.4. The van der Waals surface area contributed by atoms with E-state index in [2.05, 4.69) is 13.8 Å². The van der Waals surface area contributed by atoms with E-state index in [1.54, 1.807) is 37.3 Å². The van der Waals surface area contributed by atoms with Crippen molar-refractivity contribution >= 4 is 11.9 Å². The lowest BCUT2D eigenvalue weighted by molar-refractivity contribution is 0.0661. The largest absolute Gasteiger partial charge is 0.431 e. The van der Waals surface area contributed by atoms with Crippen molar-refractivity contribution in [2.24, 2.45) is 0 Å². The first-order valence-electron chi connectivity index (χ1n) is 9.21. The molecular weight excluding hydrogens is 340 g/mol. The molecule has 0 atom stereocenters. The van der Waals surface area contributed by atoms with Gasteiger partial charge in [0, 0.05) is 0 Å². The first-order valence-corrected chi connectivity index (χ1v) is 9.21. The summed E-state index contributed by atoms with van der Waals surface area (Å²) in [5.41, 5.74) is 2.56. The lowest BCUT2D eigenvalue weighted by Gasteiger charge is -2.09. The van der Waals surface area contributed by atoms with Crippen LogP contribution in [0.2, 0.25) is 0 Å². The summed E-state index contributed by atoms with van der Waals surface area (Å²) in [5.74, 6) is -0.123. The van der Waals surface area contributed by atoms with E-state index in [0.29, 0.717) is 22.8 Å². The van der Waals surface area contributed by atoms with Crippen molar-refractivity contribution in [2.45, 2.75) is 46.5 Å². The first kappa shape index (κ1) is 20.4. The van der Waals surface area contributed by atoms with Gasteiger partial charge in [-0.3, -0.25) is 0 Å². The molecule has 0 radical (unpaired) electrons. The number of carbonyl (C=O) groups is 2. The van der Waals surface area contributed by atoms with Crippen molar-refractivity contribution in [3.05, 3.63) is 77.1 Å². The average molecular weight is 366 g/mol. The molecule has 0 aliphatic carbocycles. The molecule has 0 spiro atoms. The fourth-order valence-corrected chi connectivity index (χ4v) is 2.46. The molecule has 0 saturated carbocycles. The molecule has 2 rings (SSSR count). The third kappa shape index (κ3) is 5.81. The van der Waals surface area contributed by atoms with Crippen LogP contribution in [0.3, 0.4) is 0 Å². The Morgan fingerprint density at radius 3 is 2.37 bits per heavy atom. The fourth-order valence-electron chi connectivity index (χ4n) is 2.46. The number of esters is 2.